The number of hydrogen-bond donors (Lipinski definition) is 3. The summed E-state index contributed by atoms with van der Waals surface area (Å²) in [4.78, 5) is 30.7. The van der Waals surface area contributed by atoms with Crippen molar-refractivity contribution in [2.24, 2.45) is 5.73 Å². The van der Waals surface area contributed by atoms with Crippen molar-refractivity contribution in [1.82, 2.24) is 20.1 Å². The van der Waals surface area contributed by atoms with Gasteiger partial charge in [-0.2, -0.15) is 5.10 Å². The summed E-state index contributed by atoms with van der Waals surface area (Å²) in [6.45, 7) is 1.33. The Morgan fingerprint density at radius 2 is 1.74 bits per heavy atom. The van der Waals surface area contributed by atoms with E-state index in [9.17, 15) is 27.9 Å². The van der Waals surface area contributed by atoms with Crippen LogP contribution in [0.5, 0.6) is 17.2 Å². The van der Waals surface area contributed by atoms with Crippen LogP contribution in [0.1, 0.15) is 46.9 Å². The van der Waals surface area contributed by atoms with Gasteiger partial charge in [0.05, 0.1) is 39.5 Å². The third-order valence-electron chi connectivity index (χ3n) is 8.51. The van der Waals surface area contributed by atoms with Gasteiger partial charge in [-0.05, 0) is 36.8 Å². The van der Waals surface area contributed by atoms with E-state index in [0.29, 0.717) is 29.3 Å². The third kappa shape index (κ3) is 6.41. The van der Waals surface area contributed by atoms with E-state index in [1.165, 1.54) is 43.3 Å². The number of methoxy groups -OCH3 is 2. The van der Waals surface area contributed by atoms with E-state index in [1.54, 1.807) is 37.3 Å². The molecule has 11 nitrogen and oxygen atoms in total. The fraction of sp³-hybridized carbons (Fsp3) is 0.278. The van der Waals surface area contributed by atoms with E-state index in [1.807, 2.05) is 0 Å². The maximum atomic E-state index is 14.8. The third-order valence-corrected chi connectivity index (χ3v) is 8.51. The Bertz CT molecular complexity index is 2100. The zero-order valence-electron chi connectivity index (χ0n) is 27.4. The van der Waals surface area contributed by atoms with Gasteiger partial charge in [0.2, 0.25) is 11.7 Å². The minimum absolute atomic E-state index is 0.0240. The van der Waals surface area contributed by atoms with Crippen molar-refractivity contribution in [3.63, 3.8) is 0 Å². The van der Waals surface area contributed by atoms with Crippen LogP contribution in [0.4, 0.5) is 13.2 Å². The summed E-state index contributed by atoms with van der Waals surface area (Å²) in [5.74, 6) is -5.09. The van der Waals surface area contributed by atoms with E-state index >= 15 is 0 Å². The lowest BCUT2D eigenvalue weighted by Gasteiger charge is -2.30. The predicted octanol–water partition coefficient (Wildman–Crippen LogP) is 4.90. The van der Waals surface area contributed by atoms with E-state index in [2.05, 4.69) is 10.4 Å². The molecule has 0 radical (unpaired) electrons. The molecule has 1 fully saturated rings. The molecule has 50 heavy (non-hydrogen) atoms. The van der Waals surface area contributed by atoms with E-state index in [-0.39, 0.29) is 58.4 Å². The molecular weight excluding hydrogens is 655 g/mol. The summed E-state index contributed by atoms with van der Waals surface area (Å²) in [6.07, 6.45) is 1.81. The molecule has 1 atom stereocenters. The Labute approximate surface area is 284 Å². The number of nitrogens with zero attached hydrogens (tertiary/aromatic N) is 3. The van der Waals surface area contributed by atoms with Crippen molar-refractivity contribution in [1.29, 1.82) is 0 Å². The Kier molecular flexibility index (Phi) is 9.14. The monoisotopic (exact) mass is 689 g/mol. The number of fused-ring (bicyclic) bond motifs is 1. The molecule has 0 bridgehead atoms. The summed E-state index contributed by atoms with van der Waals surface area (Å²) in [6, 6.07) is 14.4. The highest BCUT2D eigenvalue weighted by molar-refractivity contribution is 6.00. The van der Waals surface area contributed by atoms with Crippen molar-refractivity contribution in [3.05, 3.63) is 101 Å². The van der Waals surface area contributed by atoms with E-state index in [0.717, 1.165) is 12.1 Å². The van der Waals surface area contributed by atoms with Gasteiger partial charge in [0.15, 0.2) is 11.6 Å². The summed E-state index contributed by atoms with van der Waals surface area (Å²) in [7, 11) is 2.67. The molecule has 2 aromatic heterocycles. The standard InChI is InChI=1S/C36H34F3N5O6/c1-4-50-33-20(15-30(40)45)14-29(42-32(33)24-16-25(37)26(38)17-27(24)48-2)36(47,23-8-6-5-7-9-23)19-41-34(46)21-12-22-18-44(35(39)10-11-35)43-31(22)28(13-21)49-3/h5-9,12-14,16-18,47H,4,10-11,15,19H2,1-3H3,(H2,40,45)(H,41,46)/t36-/m1/s1. The van der Waals surface area contributed by atoms with Crippen LogP contribution < -0.4 is 25.3 Å². The van der Waals surface area contributed by atoms with Crippen LogP contribution in [0.3, 0.4) is 0 Å². The fourth-order valence-electron chi connectivity index (χ4n) is 5.78. The number of aliphatic hydroxyl groups is 1. The smallest absolute Gasteiger partial charge is 0.251 e. The number of amides is 2. The fourth-order valence-corrected chi connectivity index (χ4v) is 5.78. The average Bonchev–Trinajstić information content (AvgIpc) is 3.70. The molecule has 1 aliphatic carbocycles. The lowest BCUT2D eigenvalue weighted by molar-refractivity contribution is -0.117. The van der Waals surface area contributed by atoms with Crippen molar-refractivity contribution in [2.45, 2.75) is 37.6 Å². The van der Waals surface area contributed by atoms with Crippen LogP contribution >= 0.6 is 0 Å². The molecule has 0 spiro atoms. The number of alkyl halides is 1. The summed E-state index contributed by atoms with van der Waals surface area (Å²) < 4.78 is 61.7. The molecule has 2 heterocycles. The molecule has 1 saturated carbocycles. The van der Waals surface area contributed by atoms with E-state index < -0.39 is 41.4 Å². The van der Waals surface area contributed by atoms with Gasteiger partial charge >= 0.3 is 0 Å². The first-order valence-electron chi connectivity index (χ1n) is 15.7. The van der Waals surface area contributed by atoms with E-state index in [4.69, 9.17) is 24.9 Å². The number of nitrogens with two attached hydrogens (primary N) is 1. The maximum absolute atomic E-state index is 14.8. The first-order valence-corrected chi connectivity index (χ1v) is 15.7. The van der Waals surface area contributed by atoms with Crippen molar-refractivity contribution >= 4 is 22.7 Å². The summed E-state index contributed by atoms with van der Waals surface area (Å²) in [5.41, 5.74) is 4.40. The number of nitrogens with one attached hydrogen (secondary N) is 1. The highest BCUT2D eigenvalue weighted by atomic mass is 19.2. The molecule has 1 aliphatic rings. The lowest BCUT2D eigenvalue weighted by Crippen LogP contribution is -2.42. The van der Waals surface area contributed by atoms with Gasteiger partial charge in [-0.15, -0.1) is 0 Å². The first-order chi connectivity index (χ1) is 23.9. The van der Waals surface area contributed by atoms with Crippen molar-refractivity contribution < 1.29 is 42.1 Å². The molecular formula is C36H34F3N5O6. The van der Waals surface area contributed by atoms with Gasteiger partial charge in [-0.1, -0.05) is 30.3 Å². The second kappa shape index (κ2) is 13.3. The topological polar surface area (TPSA) is 151 Å². The quantitative estimate of drug-likeness (QED) is 0.158. The maximum Gasteiger partial charge on any atom is 0.251 e. The first kappa shape index (κ1) is 34.2. The van der Waals surface area contributed by atoms with Gasteiger partial charge in [0.1, 0.15) is 34.1 Å². The number of rotatable bonds is 13. The molecule has 5 aromatic rings. The number of hydrogen-bond acceptors (Lipinski definition) is 8. The zero-order chi connectivity index (χ0) is 35.8. The molecule has 6 rings (SSSR count). The van der Waals surface area contributed by atoms with Crippen LogP contribution in [0.25, 0.3) is 22.2 Å². The van der Waals surface area contributed by atoms with Crippen LogP contribution in [0, 0.1) is 11.6 Å². The second-order valence-electron chi connectivity index (χ2n) is 11.9. The largest absolute Gasteiger partial charge is 0.496 e. The predicted molar refractivity (Wildman–Crippen MR) is 177 cm³/mol. The molecule has 0 unspecified atom stereocenters. The van der Waals surface area contributed by atoms with Gasteiger partial charge in [-0.3, -0.25) is 9.59 Å². The number of aromatic nitrogens is 3. The number of primary amides is 1. The Balaban J connectivity index is 1.46. The summed E-state index contributed by atoms with van der Waals surface area (Å²) >= 11 is 0. The summed E-state index contributed by atoms with van der Waals surface area (Å²) in [5, 5.41) is 20.1. The van der Waals surface area contributed by atoms with Gasteiger partial charge in [0, 0.05) is 47.2 Å². The van der Waals surface area contributed by atoms with Crippen LogP contribution in [-0.2, 0) is 22.6 Å². The Morgan fingerprint density at radius 1 is 1.04 bits per heavy atom. The highest BCUT2D eigenvalue weighted by Crippen LogP contribution is 2.46. The van der Waals surface area contributed by atoms with Crippen molar-refractivity contribution in [3.8, 4) is 28.5 Å². The van der Waals surface area contributed by atoms with Gasteiger partial charge in [-0.25, -0.2) is 22.8 Å². The Hall–Kier alpha value is -5.63. The number of carbonyl (C=O) groups excluding carboxylic acids is 2. The number of carbonyl (C=O) groups is 2. The minimum Gasteiger partial charge on any atom is -0.496 e. The Morgan fingerprint density at radius 3 is 2.38 bits per heavy atom. The lowest BCUT2D eigenvalue weighted by atomic mass is 9.87. The molecule has 4 N–H and O–H groups in total. The minimum atomic E-state index is -2.07. The zero-order valence-corrected chi connectivity index (χ0v) is 27.4. The molecule has 0 saturated heterocycles. The number of halogens is 3. The van der Waals surface area contributed by atoms with Crippen molar-refractivity contribution in [2.75, 3.05) is 27.4 Å². The van der Waals surface area contributed by atoms with Gasteiger partial charge in [0.25, 0.3) is 5.91 Å². The molecule has 3 aromatic carbocycles. The highest BCUT2D eigenvalue weighted by Gasteiger charge is 2.46. The van der Waals surface area contributed by atoms with Crippen LogP contribution in [-0.4, -0.2) is 59.1 Å². The SMILES string of the molecule is CCOc1c(CC(N)=O)cc([C@@](O)(CNC(=O)c2cc(OC)c3nn(C4(F)CC4)cc3c2)c2ccccc2)nc1-c1cc(F)c(F)cc1OC. The molecule has 14 heteroatoms. The molecule has 260 valence electrons. The molecule has 2 amide bonds. The van der Waals surface area contributed by atoms with Crippen LogP contribution in [0.2, 0.25) is 0 Å². The normalized spacial score (nSPS) is 14.5. The number of pyridine rings is 1. The second-order valence-corrected chi connectivity index (χ2v) is 11.9. The van der Waals surface area contributed by atoms with Gasteiger partial charge < -0.3 is 30.4 Å². The number of ether oxygens (including phenoxy) is 3. The molecule has 0 aliphatic heterocycles. The van der Waals surface area contributed by atoms with Crippen LogP contribution in [0.15, 0.2) is 66.9 Å². The number of benzene rings is 3. The average molecular weight is 690 g/mol.